The number of ether oxygens (including phenoxy) is 1. The van der Waals surface area contributed by atoms with Crippen LogP contribution in [-0.4, -0.2) is 57.7 Å². The first-order chi connectivity index (χ1) is 9.35. The number of hydrogen-bond acceptors (Lipinski definition) is 5. The Labute approximate surface area is 115 Å². The summed E-state index contributed by atoms with van der Waals surface area (Å²) >= 11 is 0. The average molecular weight is 290 g/mol. The molecule has 0 aromatic carbocycles. The summed E-state index contributed by atoms with van der Waals surface area (Å²) in [6.45, 7) is -0.417. The molecule has 4 atom stereocenters. The third-order valence-electron chi connectivity index (χ3n) is 3.59. The van der Waals surface area contributed by atoms with E-state index >= 15 is 0 Å². The van der Waals surface area contributed by atoms with Gasteiger partial charge in [-0.25, -0.2) is 0 Å². The average Bonchev–Trinajstić information content (AvgIpc) is 2.31. The Morgan fingerprint density at radius 3 is 1.85 bits per heavy atom. The number of aliphatic hydroxyl groups excluding tert-OH is 1. The minimum Gasteiger partial charge on any atom is -0.481 e. The van der Waals surface area contributed by atoms with Gasteiger partial charge in [0.1, 0.15) is 0 Å². The van der Waals surface area contributed by atoms with E-state index in [1.807, 2.05) is 0 Å². The lowest BCUT2D eigenvalue weighted by Crippen LogP contribution is -2.46. The zero-order chi connectivity index (χ0) is 15.3. The number of carbonyl (C=O) groups is 3. The van der Waals surface area contributed by atoms with Crippen LogP contribution >= 0.6 is 0 Å². The summed E-state index contributed by atoms with van der Waals surface area (Å²) < 4.78 is 5.30. The van der Waals surface area contributed by atoms with Crippen LogP contribution < -0.4 is 0 Å². The molecule has 0 radical (unpaired) electrons. The van der Waals surface area contributed by atoms with Gasteiger partial charge in [-0.15, -0.1) is 0 Å². The molecule has 0 spiro atoms. The minimum atomic E-state index is -1.14. The molecular weight excluding hydrogens is 272 g/mol. The van der Waals surface area contributed by atoms with E-state index < -0.39 is 48.4 Å². The fraction of sp³-hybridized carbons (Fsp3) is 0.750. The van der Waals surface area contributed by atoms with Crippen molar-refractivity contribution in [1.82, 2.24) is 0 Å². The Hall–Kier alpha value is -1.67. The van der Waals surface area contributed by atoms with Gasteiger partial charge in [-0.1, -0.05) is 0 Å². The van der Waals surface area contributed by atoms with Crippen molar-refractivity contribution in [3.63, 3.8) is 0 Å². The van der Waals surface area contributed by atoms with Crippen molar-refractivity contribution in [3.05, 3.63) is 0 Å². The molecule has 1 aliphatic rings. The van der Waals surface area contributed by atoms with E-state index in [4.69, 9.17) is 20.1 Å². The third-order valence-corrected chi connectivity index (χ3v) is 3.59. The zero-order valence-corrected chi connectivity index (χ0v) is 10.8. The van der Waals surface area contributed by atoms with Crippen molar-refractivity contribution in [2.45, 2.75) is 25.4 Å². The number of aliphatic hydroxyl groups is 1. The lowest BCUT2D eigenvalue weighted by Gasteiger charge is -2.41. The van der Waals surface area contributed by atoms with Crippen molar-refractivity contribution in [3.8, 4) is 0 Å². The molecule has 4 N–H and O–H groups in total. The Morgan fingerprint density at radius 1 is 0.900 bits per heavy atom. The van der Waals surface area contributed by atoms with Gasteiger partial charge in [0.15, 0.2) is 0 Å². The highest BCUT2D eigenvalue weighted by Crippen LogP contribution is 2.37. The van der Waals surface area contributed by atoms with E-state index in [-0.39, 0.29) is 25.9 Å². The molecular formula is C12H18O8. The van der Waals surface area contributed by atoms with Crippen LogP contribution in [0.4, 0.5) is 0 Å². The smallest absolute Gasteiger partial charge is 0.303 e. The largest absolute Gasteiger partial charge is 0.481 e. The molecule has 8 heteroatoms. The van der Waals surface area contributed by atoms with Gasteiger partial charge < -0.3 is 25.2 Å². The highest BCUT2D eigenvalue weighted by molar-refractivity contribution is 5.70. The second kappa shape index (κ2) is 7.20. The summed E-state index contributed by atoms with van der Waals surface area (Å²) in [5.74, 6) is -5.29. The third kappa shape index (κ3) is 4.46. The molecule has 0 aromatic rings. The highest BCUT2D eigenvalue weighted by Gasteiger charge is 2.42. The van der Waals surface area contributed by atoms with Gasteiger partial charge in [-0.05, 0) is 11.8 Å². The molecule has 20 heavy (non-hydrogen) atoms. The fourth-order valence-electron chi connectivity index (χ4n) is 2.75. The van der Waals surface area contributed by atoms with Gasteiger partial charge >= 0.3 is 17.9 Å². The van der Waals surface area contributed by atoms with Gasteiger partial charge in [0.25, 0.3) is 0 Å². The first-order valence-corrected chi connectivity index (χ1v) is 6.23. The Kier molecular flexibility index (Phi) is 5.90. The summed E-state index contributed by atoms with van der Waals surface area (Å²) in [4.78, 5) is 32.6. The predicted molar refractivity (Wildman–Crippen MR) is 64.1 cm³/mol. The number of carboxylic acids is 3. The quantitative estimate of drug-likeness (QED) is 0.498. The molecule has 0 bridgehead atoms. The van der Waals surface area contributed by atoms with Crippen LogP contribution in [0.15, 0.2) is 0 Å². The molecule has 8 nitrogen and oxygen atoms in total. The molecule has 1 saturated heterocycles. The molecule has 0 aliphatic carbocycles. The standard InChI is InChI=1S/C12H18O8/c13-4-9-8(3-12(18)19)7(2-11(16)17)6(5-20-9)1-10(14)15/h6-9,13H,1-5H2,(H,14,15)(H,16,17)(H,18,19). The molecule has 1 rings (SSSR count). The first-order valence-electron chi connectivity index (χ1n) is 6.23. The minimum absolute atomic E-state index is 0.00555. The molecule has 0 amide bonds. The first kappa shape index (κ1) is 16.4. The highest BCUT2D eigenvalue weighted by atomic mass is 16.5. The Morgan fingerprint density at radius 2 is 1.40 bits per heavy atom. The maximum atomic E-state index is 10.9. The molecule has 114 valence electrons. The lowest BCUT2D eigenvalue weighted by molar-refractivity contribution is -0.160. The van der Waals surface area contributed by atoms with Crippen molar-refractivity contribution in [2.24, 2.45) is 17.8 Å². The number of hydrogen-bond donors (Lipinski definition) is 4. The van der Waals surface area contributed by atoms with E-state index in [2.05, 4.69) is 0 Å². The molecule has 0 aromatic heterocycles. The van der Waals surface area contributed by atoms with Gasteiger partial charge in [0.2, 0.25) is 0 Å². The van der Waals surface area contributed by atoms with E-state index in [9.17, 15) is 19.5 Å². The summed E-state index contributed by atoms with van der Waals surface area (Å²) in [6, 6.07) is 0. The van der Waals surface area contributed by atoms with Gasteiger partial charge in [-0.3, -0.25) is 14.4 Å². The normalized spacial score (nSPS) is 29.9. The molecule has 1 heterocycles. The summed E-state index contributed by atoms with van der Waals surface area (Å²) in [6.07, 6.45) is -1.76. The predicted octanol–water partition coefficient (Wildman–Crippen LogP) is -0.350. The fourth-order valence-corrected chi connectivity index (χ4v) is 2.75. The van der Waals surface area contributed by atoms with Crippen LogP contribution in [0.1, 0.15) is 19.3 Å². The van der Waals surface area contributed by atoms with E-state index in [0.29, 0.717) is 0 Å². The van der Waals surface area contributed by atoms with Crippen LogP contribution in [0.25, 0.3) is 0 Å². The molecule has 1 aliphatic heterocycles. The Balaban J connectivity index is 2.95. The number of rotatable bonds is 7. The van der Waals surface area contributed by atoms with Crippen molar-refractivity contribution >= 4 is 17.9 Å². The van der Waals surface area contributed by atoms with E-state index in [1.54, 1.807) is 0 Å². The maximum absolute atomic E-state index is 10.9. The lowest BCUT2D eigenvalue weighted by atomic mass is 9.72. The van der Waals surface area contributed by atoms with E-state index in [1.165, 1.54) is 0 Å². The van der Waals surface area contributed by atoms with Crippen molar-refractivity contribution in [2.75, 3.05) is 13.2 Å². The van der Waals surface area contributed by atoms with Gasteiger partial charge in [-0.2, -0.15) is 0 Å². The van der Waals surface area contributed by atoms with Crippen molar-refractivity contribution in [1.29, 1.82) is 0 Å². The van der Waals surface area contributed by atoms with Crippen LogP contribution in [0.2, 0.25) is 0 Å². The second-order valence-electron chi connectivity index (χ2n) is 4.94. The second-order valence-corrected chi connectivity index (χ2v) is 4.94. The van der Waals surface area contributed by atoms with Gasteiger partial charge in [0, 0.05) is 12.3 Å². The number of carboxylic acid groups (broad SMARTS) is 3. The number of aliphatic carboxylic acids is 3. The van der Waals surface area contributed by atoms with Crippen LogP contribution in [0, 0.1) is 17.8 Å². The van der Waals surface area contributed by atoms with E-state index in [0.717, 1.165) is 0 Å². The maximum Gasteiger partial charge on any atom is 0.303 e. The molecule has 0 saturated carbocycles. The SMILES string of the molecule is O=C(O)CC1COC(CO)C(CC(=O)O)C1CC(=O)O. The van der Waals surface area contributed by atoms with Crippen molar-refractivity contribution < 1.29 is 39.5 Å². The summed E-state index contributed by atoms with van der Waals surface area (Å²) in [5.41, 5.74) is 0. The molecule has 4 unspecified atom stereocenters. The van der Waals surface area contributed by atoms with Crippen LogP contribution in [0.5, 0.6) is 0 Å². The molecule has 1 fully saturated rings. The monoisotopic (exact) mass is 290 g/mol. The summed E-state index contributed by atoms with van der Waals surface area (Å²) in [7, 11) is 0. The Bertz CT molecular complexity index is 380. The zero-order valence-electron chi connectivity index (χ0n) is 10.8. The van der Waals surface area contributed by atoms with Gasteiger partial charge in [0.05, 0.1) is 32.2 Å². The van der Waals surface area contributed by atoms with Crippen LogP contribution in [-0.2, 0) is 19.1 Å². The summed E-state index contributed by atoms with van der Waals surface area (Å²) in [5, 5.41) is 35.9. The van der Waals surface area contributed by atoms with Crippen LogP contribution in [0.3, 0.4) is 0 Å². The topological polar surface area (TPSA) is 141 Å².